The van der Waals surface area contributed by atoms with E-state index in [9.17, 15) is 4.79 Å². The van der Waals surface area contributed by atoms with Crippen molar-refractivity contribution in [2.45, 2.75) is 6.92 Å². The minimum absolute atomic E-state index is 0.182. The Morgan fingerprint density at radius 3 is 2.70 bits per heavy atom. The number of ether oxygens (including phenoxy) is 1. The highest BCUT2D eigenvalue weighted by molar-refractivity contribution is 6.30. The molecule has 0 aliphatic heterocycles. The van der Waals surface area contributed by atoms with Gasteiger partial charge >= 0.3 is 0 Å². The van der Waals surface area contributed by atoms with Crippen LogP contribution in [0.15, 0.2) is 30.3 Å². The normalized spacial score (nSPS) is 10.2. The molecule has 104 valence electrons. The molecule has 2 rings (SSSR count). The molecule has 0 fully saturated rings. The monoisotopic (exact) mass is 291 g/mol. The number of rotatable bonds is 3. The summed E-state index contributed by atoms with van der Waals surface area (Å²) < 4.78 is 5.12. The SMILES string of the molecule is COc1ccc(NC(=O)c2cc(N)nc(Cl)c2)c(C)c1. The van der Waals surface area contributed by atoms with Gasteiger partial charge < -0.3 is 15.8 Å². The van der Waals surface area contributed by atoms with Crippen LogP contribution in [0, 0.1) is 6.92 Å². The maximum atomic E-state index is 12.1. The first-order valence-electron chi connectivity index (χ1n) is 5.88. The van der Waals surface area contributed by atoms with Gasteiger partial charge in [0.15, 0.2) is 0 Å². The van der Waals surface area contributed by atoms with Crippen LogP contribution in [0.3, 0.4) is 0 Å². The van der Waals surface area contributed by atoms with Gasteiger partial charge in [-0.25, -0.2) is 4.98 Å². The van der Waals surface area contributed by atoms with Gasteiger partial charge in [-0.15, -0.1) is 0 Å². The summed E-state index contributed by atoms with van der Waals surface area (Å²) in [5, 5.41) is 2.98. The lowest BCUT2D eigenvalue weighted by Gasteiger charge is -2.10. The number of hydrogen-bond acceptors (Lipinski definition) is 4. The van der Waals surface area contributed by atoms with E-state index in [0.29, 0.717) is 11.3 Å². The molecule has 0 saturated carbocycles. The number of benzene rings is 1. The third-order valence-electron chi connectivity index (χ3n) is 2.76. The van der Waals surface area contributed by atoms with Gasteiger partial charge in [0.1, 0.15) is 16.7 Å². The summed E-state index contributed by atoms with van der Waals surface area (Å²) in [6.07, 6.45) is 0. The van der Waals surface area contributed by atoms with E-state index >= 15 is 0 Å². The Morgan fingerprint density at radius 2 is 2.10 bits per heavy atom. The van der Waals surface area contributed by atoms with Crippen molar-refractivity contribution in [3.63, 3.8) is 0 Å². The van der Waals surface area contributed by atoms with Crippen LogP contribution in [0.2, 0.25) is 5.15 Å². The molecule has 5 nitrogen and oxygen atoms in total. The molecule has 0 unspecified atom stereocenters. The molecule has 1 aromatic carbocycles. The molecule has 3 N–H and O–H groups in total. The van der Waals surface area contributed by atoms with Crippen molar-refractivity contribution in [3.8, 4) is 5.75 Å². The van der Waals surface area contributed by atoms with Crippen molar-refractivity contribution in [2.75, 3.05) is 18.2 Å². The Labute approximate surface area is 121 Å². The number of nitrogen functional groups attached to an aromatic ring is 1. The second kappa shape index (κ2) is 5.79. The van der Waals surface area contributed by atoms with Gasteiger partial charge in [0.2, 0.25) is 0 Å². The molecular weight excluding hydrogens is 278 g/mol. The fourth-order valence-corrected chi connectivity index (χ4v) is 1.96. The molecule has 0 radical (unpaired) electrons. The topological polar surface area (TPSA) is 77.2 Å². The summed E-state index contributed by atoms with van der Waals surface area (Å²) in [6.45, 7) is 1.88. The van der Waals surface area contributed by atoms with Crippen LogP contribution in [-0.2, 0) is 0 Å². The van der Waals surface area contributed by atoms with Crippen molar-refractivity contribution in [3.05, 3.63) is 46.6 Å². The van der Waals surface area contributed by atoms with Crippen LogP contribution in [0.4, 0.5) is 11.5 Å². The number of anilines is 2. The Morgan fingerprint density at radius 1 is 1.35 bits per heavy atom. The van der Waals surface area contributed by atoms with Crippen LogP contribution in [-0.4, -0.2) is 18.0 Å². The number of methoxy groups -OCH3 is 1. The number of carbonyl (C=O) groups excluding carboxylic acids is 1. The molecule has 6 heteroatoms. The molecule has 0 spiro atoms. The van der Waals surface area contributed by atoms with E-state index in [4.69, 9.17) is 22.1 Å². The van der Waals surface area contributed by atoms with E-state index in [2.05, 4.69) is 10.3 Å². The largest absolute Gasteiger partial charge is 0.497 e. The molecule has 0 bridgehead atoms. The maximum Gasteiger partial charge on any atom is 0.255 e. The molecule has 0 aliphatic carbocycles. The van der Waals surface area contributed by atoms with Crippen LogP contribution < -0.4 is 15.8 Å². The zero-order chi connectivity index (χ0) is 14.7. The predicted octanol–water partition coefficient (Wildman–Crippen LogP) is 2.89. The van der Waals surface area contributed by atoms with Crippen molar-refractivity contribution < 1.29 is 9.53 Å². The Hall–Kier alpha value is -2.27. The van der Waals surface area contributed by atoms with Crippen molar-refractivity contribution >= 4 is 29.0 Å². The summed E-state index contributed by atoms with van der Waals surface area (Å²) >= 11 is 5.78. The number of amides is 1. The zero-order valence-corrected chi connectivity index (χ0v) is 11.9. The number of nitrogens with one attached hydrogen (secondary N) is 1. The van der Waals surface area contributed by atoms with Gasteiger partial charge in [0, 0.05) is 11.3 Å². The zero-order valence-electron chi connectivity index (χ0n) is 11.1. The first kappa shape index (κ1) is 14.1. The molecule has 0 atom stereocenters. The highest BCUT2D eigenvalue weighted by Gasteiger charge is 2.10. The average molecular weight is 292 g/mol. The fraction of sp³-hybridized carbons (Fsp3) is 0.143. The van der Waals surface area contributed by atoms with E-state index < -0.39 is 0 Å². The first-order valence-corrected chi connectivity index (χ1v) is 6.26. The third-order valence-corrected chi connectivity index (χ3v) is 2.95. The molecule has 1 aromatic heterocycles. The molecule has 0 aliphatic rings. The number of aryl methyl sites for hydroxylation is 1. The standard InChI is InChI=1S/C14H14ClN3O2/c1-8-5-10(20-2)3-4-11(8)17-14(19)9-6-12(15)18-13(16)7-9/h3-7H,1-2H3,(H2,16,18)(H,17,19). The average Bonchev–Trinajstić information content (AvgIpc) is 2.39. The number of pyridine rings is 1. The van der Waals surface area contributed by atoms with Gasteiger partial charge in [0.05, 0.1) is 7.11 Å². The number of halogens is 1. The van der Waals surface area contributed by atoms with Crippen molar-refractivity contribution in [1.82, 2.24) is 4.98 Å². The van der Waals surface area contributed by atoms with Crippen LogP contribution >= 0.6 is 11.6 Å². The molecule has 2 aromatic rings. The smallest absolute Gasteiger partial charge is 0.255 e. The molecule has 1 amide bonds. The van der Waals surface area contributed by atoms with Crippen LogP contribution in [0.1, 0.15) is 15.9 Å². The lowest BCUT2D eigenvalue weighted by atomic mass is 10.1. The maximum absolute atomic E-state index is 12.1. The number of aromatic nitrogens is 1. The summed E-state index contributed by atoms with van der Waals surface area (Å²) in [7, 11) is 1.59. The van der Waals surface area contributed by atoms with Crippen LogP contribution in [0.5, 0.6) is 5.75 Å². The number of hydrogen-bond donors (Lipinski definition) is 2. The van der Waals surface area contributed by atoms with E-state index in [1.807, 2.05) is 13.0 Å². The Balaban J connectivity index is 2.23. The second-order valence-corrected chi connectivity index (χ2v) is 4.63. The fourth-order valence-electron chi connectivity index (χ4n) is 1.75. The minimum atomic E-state index is -0.297. The molecule has 20 heavy (non-hydrogen) atoms. The number of nitrogens with zero attached hydrogens (tertiary/aromatic N) is 1. The van der Waals surface area contributed by atoms with Gasteiger partial charge in [-0.2, -0.15) is 0 Å². The molecule has 1 heterocycles. The van der Waals surface area contributed by atoms with E-state index in [1.165, 1.54) is 12.1 Å². The Bertz CT molecular complexity index is 639. The second-order valence-electron chi connectivity index (χ2n) is 4.24. The highest BCUT2D eigenvalue weighted by Crippen LogP contribution is 2.22. The molecular formula is C14H14ClN3O2. The lowest BCUT2D eigenvalue weighted by Crippen LogP contribution is -2.13. The Kier molecular flexibility index (Phi) is 4.10. The summed E-state index contributed by atoms with van der Waals surface area (Å²) in [5.41, 5.74) is 7.52. The number of nitrogens with two attached hydrogens (primary N) is 1. The van der Waals surface area contributed by atoms with E-state index in [1.54, 1.807) is 19.2 Å². The van der Waals surface area contributed by atoms with Gasteiger partial charge in [-0.05, 0) is 42.8 Å². The first-order chi connectivity index (χ1) is 9.49. The predicted molar refractivity (Wildman–Crippen MR) is 79.3 cm³/mol. The van der Waals surface area contributed by atoms with Gasteiger partial charge in [-0.1, -0.05) is 11.6 Å². The lowest BCUT2D eigenvalue weighted by molar-refractivity contribution is 0.102. The van der Waals surface area contributed by atoms with Gasteiger partial charge in [-0.3, -0.25) is 4.79 Å². The van der Waals surface area contributed by atoms with Crippen molar-refractivity contribution in [1.29, 1.82) is 0 Å². The summed E-state index contributed by atoms with van der Waals surface area (Å²) in [5.74, 6) is 0.639. The van der Waals surface area contributed by atoms with E-state index in [-0.39, 0.29) is 16.9 Å². The molecule has 0 saturated heterocycles. The third kappa shape index (κ3) is 3.19. The summed E-state index contributed by atoms with van der Waals surface area (Å²) in [4.78, 5) is 16.0. The summed E-state index contributed by atoms with van der Waals surface area (Å²) in [6, 6.07) is 8.32. The van der Waals surface area contributed by atoms with Crippen molar-refractivity contribution in [2.24, 2.45) is 0 Å². The van der Waals surface area contributed by atoms with E-state index in [0.717, 1.165) is 11.3 Å². The quantitative estimate of drug-likeness (QED) is 0.853. The highest BCUT2D eigenvalue weighted by atomic mass is 35.5. The van der Waals surface area contributed by atoms with Crippen LogP contribution in [0.25, 0.3) is 0 Å². The van der Waals surface area contributed by atoms with Gasteiger partial charge in [0.25, 0.3) is 5.91 Å². The number of carbonyl (C=O) groups is 1. The minimum Gasteiger partial charge on any atom is -0.497 e.